The van der Waals surface area contributed by atoms with Gasteiger partial charge in [-0.3, -0.25) is 4.79 Å². The largest absolute Gasteiger partial charge is 0.341 e. The van der Waals surface area contributed by atoms with Crippen molar-refractivity contribution in [3.8, 4) is 18.0 Å². The van der Waals surface area contributed by atoms with Crippen molar-refractivity contribution in [2.75, 3.05) is 6.54 Å². The maximum absolute atomic E-state index is 12.9. The van der Waals surface area contributed by atoms with E-state index in [1.54, 1.807) is 16.8 Å². The van der Waals surface area contributed by atoms with Crippen molar-refractivity contribution >= 4 is 5.91 Å². The van der Waals surface area contributed by atoms with Gasteiger partial charge in [0.15, 0.2) is 0 Å². The predicted molar refractivity (Wildman–Crippen MR) is 74.1 cm³/mol. The van der Waals surface area contributed by atoms with Gasteiger partial charge in [-0.2, -0.15) is 5.10 Å². The topological polar surface area (TPSA) is 46.9 Å². The van der Waals surface area contributed by atoms with Crippen molar-refractivity contribution in [3.05, 3.63) is 47.5 Å². The summed E-state index contributed by atoms with van der Waals surface area (Å²) in [6.45, 7) is 2.10. The SMILES string of the molecule is C#CCNC(=O)c1cnn(-c2ccc(F)cc2)c1CC. The molecule has 1 N–H and O–H groups in total. The average Bonchev–Trinajstić information content (AvgIpc) is 2.89. The molecule has 1 aromatic carbocycles. The Morgan fingerprint density at radius 1 is 1.45 bits per heavy atom. The molecule has 0 saturated heterocycles. The Morgan fingerprint density at radius 2 is 2.15 bits per heavy atom. The first-order valence-electron chi connectivity index (χ1n) is 6.22. The number of carbonyl (C=O) groups excluding carboxylic acids is 1. The Morgan fingerprint density at radius 3 is 2.75 bits per heavy atom. The van der Waals surface area contributed by atoms with Crippen molar-refractivity contribution < 1.29 is 9.18 Å². The standard InChI is InChI=1S/C15H14FN3O/c1-3-9-17-15(20)13-10-18-19(14(13)4-2)12-7-5-11(16)6-8-12/h1,5-8,10H,4,9H2,2H3,(H,17,20). The van der Waals surface area contributed by atoms with E-state index in [0.29, 0.717) is 17.7 Å². The van der Waals surface area contributed by atoms with Gasteiger partial charge in [0.05, 0.1) is 29.7 Å². The van der Waals surface area contributed by atoms with E-state index in [1.165, 1.54) is 18.3 Å². The van der Waals surface area contributed by atoms with Crippen molar-refractivity contribution in [2.24, 2.45) is 0 Å². The number of rotatable bonds is 4. The van der Waals surface area contributed by atoms with Crippen LogP contribution in [0.2, 0.25) is 0 Å². The normalized spacial score (nSPS) is 10.1. The Balaban J connectivity index is 2.37. The fraction of sp³-hybridized carbons (Fsp3) is 0.200. The summed E-state index contributed by atoms with van der Waals surface area (Å²) < 4.78 is 14.6. The summed E-state index contributed by atoms with van der Waals surface area (Å²) in [5.41, 5.74) is 1.94. The lowest BCUT2D eigenvalue weighted by Crippen LogP contribution is -2.24. The van der Waals surface area contributed by atoms with E-state index in [-0.39, 0.29) is 18.3 Å². The lowest BCUT2D eigenvalue weighted by atomic mass is 10.2. The van der Waals surface area contributed by atoms with Crippen LogP contribution in [0.4, 0.5) is 4.39 Å². The second kappa shape index (κ2) is 6.02. The second-order valence-electron chi connectivity index (χ2n) is 4.13. The third kappa shape index (κ3) is 2.69. The van der Waals surface area contributed by atoms with Crippen LogP contribution in [0.1, 0.15) is 23.0 Å². The van der Waals surface area contributed by atoms with Gasteiger partial charge in [0.1, 0.15) is 5.82 Å². The van der Waals surface area contributed by atoms with Gasteiger partial charge in [0.25, 0.3) is 5.91 Å². The summed E-state index contributed by atoms with van der Waals surface area (Å²) >= 11 is 0. The lowest BCUT2D eigenvalue weighted by Gasteiger charge is -2.07. The van der Waals surface area contributed by atoms with Gasteiger partial charge in [-0.1, -0.05) is 12.8 Å². The molecule has 0 spiro atoms. The van der Waals surface area contributed by atoms with Gasteiger partial charge in [-0.25, -0.2) is 9.07 Å². The highest BCUT2D eigenvalue weighted by Crippen LogP contribution is 2.16. The van der Waals surface area contributed by atoms with E-state index in [2.05, 4.69) is 16.3 Å². The smallest absolute Gasteiger partial charge is 0.255 e. The number of hydrogen-bond acceptors (Lipinski definition) is 2. The van der Waals surface area contributed by atoms with Crippen LogP contribution >= 0.6 is 0 Å². The Hall–Kier alpha value is -2.61. The Kier molecular flexibility index (Phi) is 4.16. The Labute approximate surface area is 116 Å². The summed E-state index contributed by atoms with van der Waals surface area (Å²) in [7, 11) is 0. The van der Waals surface area contributed by atoms with Gasteiger partial charge in [0, 0.05) is 0 Å². The third-order valence-corrected chi connectivity index (χ3v) is 2.87. The number of carbonyl (C=O) groups is 1. The van der Waals surface area contributed by atoms with E-state index >= 15 is 0 Å². The first-order chi connectivity index (χ1) is 9.67. The van der Waals surface area contributed by atoms with Crippen LogP contribution < -0.4 is 5.32 Å². The maximum Gasteiger partial charge on any atom is 0.255 e. The number of amides is 1. The molecule has 0 saturated carbocycles. The highest BCUT2D eigenvalue weighted by atomic mass is 19.1. The van der Waals surface area contributed by atoms with E-state index in [4.69, 9.17) is 6.42 Å². The van der Waals surface area contributed by atoms with Crippen LogP contribution in [0.15, 0.2) is 30.5 Å². The molecule has 0 atom stereocenters. The summed E-state index contributed by atoms with van der Waals surface area (Å²) in [5.74, 6) is 1.78. The quantitative estimate of drug-likeness (QED) is 0.864. The minimum Gasteiger partial charge on any atom is -0.341 e. The van der Waals surface area contributed by atoms with Crippen molar-refractivity contribution in [3.63, 3.8) is 0 Å². The van der Waals surface area contributed by atoms with E-state index in [9.17, 15) is 9.18 Å². The lowest BCUT2D eigenvalue weighted by molar-refractivity contribution is 0.0958. The summed E-state index contributed by atoms with van der Waals surface area (Å²) in [6.07, 6.45) is 7.23. The molecule has 0 bridgehead atoms. The molecule has 0 radical (unpaired) electrons. The maximum atomic E-state index is 12.9. The van der Waals surface area contributed by atoms with E-state index in [1.807, 2.05) is 6.92 Å². The minimum absolute atomic E-state index is 0.170. The van der Waals surface area contributed by atoms with Gasteiger partial charge < -0.3 is 5.32 Å². The van der Waals surface area contributed by atoms with Crippen molar-refractivity contribution in [1.29, 1.82) is 0 Å². The van der Waals surface area contributed by atoms with Crippen LogP contribution in [-0.4, -0.2) is 22.2 Å². The minimum atomic E-state index is -0.314. The molecule has 0 fully saturated rings. The van der Waals surface area contributed by atoms with Crippen LogP contribution in [0.25, 0.3) is 5.69 Å². The van der Waals surface area contributed by atoms with Gasteiger partial charge in [-0.15, -0.1) is 6.42 Å². The van der Waals surface area contributed by atoms with Crippen molar-refractivity contribution in [1.82, 2.24) is 15.1 Å². The first-order valence-corrected chi connectivity index (χ1v) is 6.22. The zero-order valence-electron chi connectivity index (χ0n) is 11.1. The molecule has 102 valence electrons. The molecule has 5 heteroatoms. The molecule has 1 heterocycles. The zero-order valence-corrected chi connectivity index (χ0v) is 11.1. The van der Waals surface area contributed by atoms with Gasteiger partial charge in [-0.05, 0) is 30.7 Å². The fourth-order valence-corrected chi connectivity index (χ4v) is 1.93. The molecule has 2 rings (SSSR count). The van der Waals surface area contributed by atoms with Crippen LogP contribution in [0, 0.1) is 18.2 Å². The van der Waals surface area contributed by atoms with Crippen molar-refractivity contribution in [2.45, 2.75) is 13.3 Å². The summed E-state index contributed by atoms with van der Waals surface area (Å²) in [5, 5.41) is 6.81. The molecule has 1 amide bonds. The molecule has 0 aliphatic carbocycles. The summed E-state index contributed by atoms with van der Waals surface area (Å²) in [6, 6.07) is 5.94. The number of terminal acetylenes is 1. The average molecular weight is 271 g/mol. The second-order valence-corrected chi connectivity index (χ2v) is 4.13. The zero-order chi connectivity index (χ0) is 14.5. The molecule has 0 unspecified atom stereocenters. The number of halogens is 1. The highest BCUT2D eigenvalue weighted by Gasteiger charge is 2.16. The molecule has 0 aliphatic rings. The molecular weight excluding hydrogens is 257 g/mol. The molecule has 4 nitrogen and oxygen atoms in total. The highest BCUT2D eigenvalue weighted by molar-refractivity contribution is 5.95. The Bertz CT molecular complexity index is 653. The number of aromatic nitrogens is 2. The van der Waals surface area contributed by atoms with Gasteiger partial charge in [0.2, 0.25) is 0 Å². The summed E-state index contributed by atoms with van der Waals surface area (Å²) in [4.78, 5) is 12.0. The molecular formula is C15H14FN3O. The monoisotopic (exact) mass is 271 g/mol. The number of nitrogens with one attached hydrogen (secondary N) is 1. The third-order valence-electron chi connectivity index (χ3n) is 2.87. The van der Waals surface area contributed by atoms with Gasteiger partial charge >= 0.3 is 0 Å². The number of nitrogens with zero attached hydrogens (tertiary/aromatic N) is 2. The number of hydrogen-bond donors (Lipinski definition) is 1. The first kappa shape index (κ1) is 13.8. The van der Waals surface area contributed by atoms with Crippen LogP contribution in [-0.2, 0) is 6.42 Å². The fourth-order valence-electron chi connectivity index (χ4n) is 1.93. The molecule has 2 aromatic rings. The predicted octanol–water partition coefficient (Wildman–Crippen LogP) is 1.94. The molecule has 1 aromatic heterocycles. The van der Waals surface area contributed by atoms with Crippen LogP contribution in [0.5, 0.6) is 0 Å². The molecule has 20 heavy (non-hydrogen) atoms. The van der Waals surface area contributed by atoms with E-state index in [0.717, 1.165) is 5.69 Å². The number of benzene rings is 1. The van der Waals surface area contributed by atoms with E-state index < -0.39 is 0 Å². The van der Waals surface area contributed by atoms with Crippen LogP contribution in [0.3, 0.4) is 0 Å². The molecule has 0 aliphatic heterocycles.